The molecule has 0 amide bonds. The molecule has 130 valence electrons. The Kier molecular flexibility index (Phi) is 7.69. The maximum absolute atomic E-state index is 12.2. The van der Waals surface area contributed by atoms with E-state index >= 15 is 0 Å². The van der Waals surface area contributed by atoms with Crippen LogP contribution < -0.4 is 15.5 Å². The summed E-state index contributed by atoms with van der Waals surface area (Å²) in [6.07, 6.45) is 0.991. The summed E-state index contributed by atoms with van der Waals surface area (Å²) in [4.78, 5) is 1.43. The van der Waals surface area contributed by atoms with Gasteiger partial charge in [0.2, 0.25) is 10.0 Å². The molecule has 0 aliphatic heterocycles. The zero-order valence-electron chi connectivity index (χ0n) is 13.8. The summed E-state index contributed by atoms with van der Waals surface area (Å²) in [7, 11) is 3.51. The number of hydrogen-bond donors (Lipinski definition) is 3. The van der Waals surface area contributed by atoms with Gasteiger partial charge in [0.05, 0.1) is 25.7 Å². The fourth-order valence-corrected chi connectivity index (χ4v) is 3.41. The van der Waals surface area contributed by atoms with Crippen LogP contribution in [0, 0.1) is 0 Å². The molecule has 6 nitrogen and oxygen atoms in total. The highest BCUT2D eigenvalue weighted by Gasteiger charge is 2.21. The van der Waals surface area contributed by atoms with Gasteiger partial charge in [-0.05, 0) is 30.4 Å². The highest BCUT2D eigenvalue weighted by molar-refractivity contribution is 7.89. The first-order valence-corrected chi connectivity index (χ1v) is 9.43. The van der Waals surface area contributed by atoms with Gasteiger partial charge in [-0.25, -0.2) is 12.7 Å². The normalized spacial score (nSPS) is 11.8. The van der Waals surface area contributed by atoms with Gasteiger partial charge in [-0.2, -0.15) is 0 Å². The van der Waals surface area contributed by atoms with Crippen LogP contribution in [0.1, 0.15) is 6.42 Å². The van der Waals surface area contributed by atoms with Crippen molar-refractivity contribution in [2.24, 2.45) is 0 Å². The third-order valence-corrected chi connectivity index (χ3v) is 5.63. The van der Waals surface area contributed by atoms with Crippen LogP contribution in [-0.4, -0.2) is 59.1 Å². The lowest BCUT2D eigenvalue weighted by Gasteiger charge is -2.15. The molecule has 1 aromatic rings. The van der Waals surface area contributed by atoms with E-state index in [9.17, 15) is 8.42 Å². The largest absolute Gasteiger partial charge is 0.362 e. The van der Waals surface area contributed by atoms with Gasteiger partial charge in [0.25, 0.3) is 0 Å². The van der Waals surface area contributed by atoms with Crippen LogP contribution in [0.5, 0.6) is 0 Å². The molecular weight excluding hydrogens is 356 g/mol. The van der Waals surface area contributed by atoms with E-state index in [1.54, 1.807) is 6.07 Å². The minimum Gasteiger partial charge on any atom is -0.362 e. The highest BCUT2D eigenvalue weighted by Crippen LogP contribution is 2.26. The SMILES string of the molecule is CN(C)S(=O)(=O)c1cc(NC(=S)NCCC[NH+](C)C)ccc1Cl. The van der Waals surface area contributed by atoms with Crippen LogP contribution >= 0.6 is 23.8 Å². The second-order valence-corrected chi connectivity index (χ2v) is 8.56. The van der Waals surface area contributed by atoms with E-state index in [2.05, 4.69) is 24.7 Å². The van der Waals surface area contributed by atoms with Crippen LogP contribution in [0.25, 0.3) is 0 Å². The first-order valence-electron chi connectivity index (χ1n) is 7.20. The van der Waals surface area contributed by atoms with Crippen molar-refractivity contribution in [2.45, 2.75) is 11.3 Å². The van der Waals surface area contributed by atoms with Gasteiger partial charge in [-0.1, -0.05) is 11.6 Å². The number of thiocarbonyl (C=S) groups is 1. The molecule has 0 spiro atoms. The first kappa shape index (κ1) is 20.1. The molecule has 0 radical (unpaired) electrons. The molecule has 0 aliphatic carbocycles. The number of nitrogens with one attached hydrogen (secondary N) is 3. The van der Waals surface area contributed by atoms with Crippen molar-refractivity contribution in [3.63, 3.8) is 0 Å². The van der Waals surface area contributed by atoms with Crippen molar-refractivity contribution in [1.29, 1.82) is 0 Å². The predicted molar refractivity (Wildman–Crippen MR) is 98.8 cm³/mol. The Bertz CT molecular complexity index is 648. The first-order chi connectivity index (χ1) is 10.6. The van der Waals surface area contributed by atoms with Crippen molar-refractivity contribution < 1.29 is 13.3 Å². The molecule has 0 saturated carbocycles. The minimum atomic E-state index is -3.60. The molecule has 1 rings (SSSR count). The van der Waals surface area contributed by atoms with Crippen LogP contribution in [0.4, 0.5) is 5.69 Å². The Morgan fingerprint density at radius 3 is 2.57 bits per heavy atom. The highest BCUT2D eigenvalue weighted by atomic mass is 35.5. The average Bonchev–Trinajstić information content (AvgIpc) is 2.45. The molecule has 0 aliphatic rings. The van der Waals surface area contributed by atoms with Gasteiger partial charge in [-0.15, -0.1) is 0 Å². The van der Waals surface area contributed by atoms with Crippen LogP contribution in [-0.2, 0) is 10.0 Å². The number of benzene rings is 1. The Morgan fingerprint density at radius 2 is 2.00 bits per heavy atom. The molecule has 0 fully saturated rings. The second-order valence-electron chi connectivity index (χ2n) is 5.62. The van der Waals surface area contributed by atoms with Crippen molar-refractivity contribution in [1.82, 2.24) is 9.62 Å². The summed E-state index contributed by atoms with van der Waals surface area (Å²) in [6, 6.07) is 4.71. The third kappa shape index (κ3) is 6.23. The number of nitrogens with zero attached hydrogens (tertiary/aromatic N) is 1. The number of quaternary nitrogens is 1. The summed E-state index contributed by atoms with van der Waals surface area (Å²) < 4.78 is 25.6. The maximum atomic E-state index is 12.2. The molecule has 0 aromatic heterocycles. The smallest absolute Gasteiger partial charge is 0.244 e. The number of anilines is 1. The monoisotopic (exact) mass is 379 g/mol. The lowest BCUT2D eigenvalue weighted by molar-refractivity contribution is -0.858. The summed E-state index contributed by atoms with van der Waals surface area (Å²) in [6.45, 7) is 1.80. The van der Waals surface area contributed by atoms with Crippen molar-refractivity contribution in [3.05, 3.63) is 23.2 Å². The molecule has 0 bridgehead atoms. The summed E-state index contributed by atoms with van der Waals surface area (Å²) in [5, 5.41) is 6.71. The molecule has 3 N–H and O–H groups in total. The lowest BCUT2D eigenvalue weighted by Crippen LogP contribution is -3.05. The van der Waals surface area contributed by atoms with E-state index in [4.69, 9.17) is 23.8 Å². The fourth-order valence-electron chi connectivity index (χ4n) is 1.79. The molecule has 9 heteroatoms. The van der Waals surface area contributed by atoms with Gasteiger partial charge < -0.3 is 15.5 Å². The van der Waals surface area contributed by atoms with Crippen LogP contribution in [0.2, 0.25) is 5.02 Å². The van der Waals surface area contributed by atoms with E-state index in [0.29, 0.717) is 10.8 Å². The van der Waals surface area contributed by atoms with Gasteiger partial charge in [-0.3, -0.25) is 0 Å². The van der Waals surface area contributed by atoms with Crippen molar-refractivity contribution in [2.75, 3.05) is 46.6 Å². The molecule has 0 heterocycles. The molecule has 0 atom stereocenters. The predicted octanol–water partition coefficient (Wildman–Crippen LogP) is 0.411. The van der Waals surface area contributed by atoms with E-state index in [-0.39, 0.29) is 9.92 Å². The average molecular weight is 380 g/mol. The molecule has 0 saturated heterocycles. The van der Waals surface area contributed by atoms with Gasteiger partial charge in [0.15, 0.2) is 5.11 Å². The number of sulfonamides is 1. The van der Waals surface area contributed by atoms with E-state index in [0.717, 1.165) is 23.8 Å². The molecule has 0 unspecified atom stereocenters. The minimum absolute atomic E-state index is 0.0492. The lowest BCUT2D eigenvalue weighted by atomic mass is 10.3. The Labute approximate surface area is 148 Å². The number of rotatable bonds is 7. The molecule has 1 aromatic carbocycles. The summed E-state index contributed by atoms with van der Waals surface area (Å²) in [5.74, 6) is 0. The van der Waals surface area contributed by atoms with E-state index in [1.807, 2.05) is 0 Å². The summed E-state index contributed by atoms with van der Waals surface area (Å²) >= 11 is 11.2. The van der Waals surface area contributed by atoms with Gasteiger partial charge in [0, 0.05) is 32.7 Å². The maximum Gasteiger partial charge on any atom is 0.244 e. The Balaban J connectivity index is 2.74. The van der Waals surface area contributed by atoms with E-state index in [1.165, 1.54) is 31.1 Å². The van der Waals surface area contributed by atoms with Crippen LogP contribution in [0.15, 0.2) is 23.1 Å². The Morgan fingerprint density at radius 1 is 1.35 bits per heavy atom. The van der Waals surface area contributed by atoms with Gasteiger partial charge >= 0.3 is 0 Å². The molecular formula is C14H24ClN4O2S2+. The zero-order valence-corrected chi connectivity index (χ0v) is 16.2. The van der Waals surface area contributed by atoms with Crippen molar-refractivity contribution >= 4 is 44.6 Å². The Hall–Kier alpha value is -0.930. The molecule has 23 heavy (non-hydrogen) atoms. The zero-order chi connectivity index (χ0) is 17.6. The van der Waals surface area contributed by atoms with Gasteiger partial charge in [0.1, 0.15) is 4.90 Å². The topological polar surface area (TPSA) is 65.9 Å². The summed E-state index contributed by atoms with van der Waals surface area (Å²) in [5.41, 5.74) is 0.575. The standard InChI is InChI=1S/C14H23ClN4O2S2/c1-18(2)9-5-8-16-14(22)17-11-6-7-12(15)13(10-11)23(20,21)19(3)4/h6-7,10H,5,8-9H2,1-4H3,(H2,16,17,22)/p+1. The second kappa shape index (κ2) is 8.79. The fraction of sp³-hybridized carbons (Fsp3) is 0.500. The van der Waals surface area contributed by atoms with E-state index < -0.39 is 10.0 Å². The number of halogens is 1. The van der Waals surface area contributed by atoms with Crippen molar-refractivity contribution in [3.8, 4) is 0 Å². The third-order valence-electron chi connectivity index (χ3n) is 3.09. The van der Waals surface area contributed by atoms with Crippen LogP contribution in [0.3, 0.4) is 0 Å². The quantitative estimate of drug-likeness (QED) is 0.473. The number of hydrogen-bond acceptors (Lipinski definition) is 3.